The Morgan fingerprint density at radius 3 is 2.58 bits per heavy atom. The van der Waals surface area contributed by atoms with Crippen LogP contribution in [0.25, 0.3) is 0 Å². The molecule has 0 saturated heterocycles. The van der Waals surface area contributed by atoms with Crippen molar-refractivity contribution in [3.8, 4) is 0 Å². The molecule has 0 nitrogen and oxygen atoms in total. The summed E-state index contributed by atoms with van der Waals surface area (Å²) in [5.41, 5.74) is 2.94. The summed E-state index contributed by atoms with van der Waals surface area (Å²) in [5.74, 6) is 0.565. The maximum Gasteiger partial charge on any atom is -0.00449 e. The van der Waals surface area contributed by atoms with Gasteiger partial charge < -0.3 is 0 Å². The standard InChI is InChI=1S/C12H18/c1-6-9(2)11-8-7-10(3)12(11,4)5/h6-7,11H,1-2,8H2,3-5H3. The van der Waals surface area contributed by atoms with E-state index < -0.39 is 0 Å². The molecular formula is C12H18. The first-order valence-electron chi connectivity index (χ1n) is 4.48. The summed E-state index contributed by atoms with van der Waals surface area (Å²) in [6, 6.07) is 0. The molecule has 0 spiro atoms. The van der Waals surface area contributed by atoms with Gasteiger partial charge in [0.2, 0.25) is 0 Å². The highest BCUT2D eigenvalue weighted by Crippen LogP contribution is 2.46. The highest BCUT2D eigenvalue weighted by molar-refractivity contribution is 5.29. The zero-order valence-corrected chi connectivity index (χ0v) is 8.35. The molecule has 1 atom stereocenters. The van der Waals surface area contributed by atoms with Crippen LogP contribution < -0.4 is 0 Å². The largest absolute Gasteiger partial charge is 0.0988 e. The first-order chi connectivity index (χ1) is 5.50. The fourth-order valence-corrected chi connectivity index (χ4v) is 1.88. The van der Waals surface area contributed by atoms with Crippen LogP contribution in [0.3, 0.4) is 0 Å². The van der Waals surface area contributed by atoms with Crippen LogP contribution in [0.1, 0.15) is 27.2 Å². The maximum absolute atomic E-state index is 4.03. The van der Waals surface area contributed by atoms with Crippen molar-refractivity contribution in [3.63, 3.8) is 0 Å². The molecule has 0 aromatic carbocycles. The molecule has 12 heavy (non-hydrogen) atoms. The van der Waals surface area contributed by atoms with E-state index in [1.165, 1.54) is 11.1 Å². The Bertz CT molecular complexity index is 241. The fraction of sp³-hybridized carbons (Fsp3) is 0.500. The van der Waals surface area contributed by atoms with Crippen LogP contribution in [-0.4, -0.2) is 0 Å². The van der Waals surface area contributed by atoms with Gasteiger partial charge in [0, 0.05) is 0 Å². The molecule has 0 aliphatic heterocycles. The molecule has 0 aromatic rings. The predicted octanol–water partition coefficient (Wildman–Crippen LogP) is 3.72. The van der Waals surface area contributed by atoms with Crippen LogP contribution in [0.4, 0.5) is 0 Å². The van der Waals surface area contributed by atoms with Gasteiger partial charge in [-0.05, 0) is 24.7 Å². The molecule has 1 unspecified atom stereocenters. The minimum Gasteiger partial charge on any atom is -0.0988 e. The van der Waals surface area contributed by atoms with E-state index in [0.717, 1.165) is 6.42 Å². The summed E-state index contributed by atoms with van der Waals surface area (Å²) in [6.07, 6.45) is 5.34. The summed E-state index contributed by atoms with van der Waals surface area (Å²) in [5, 5.41) is 0. The van der Waals surface area contributed by atoms with Gasteiger partial charge in [-0.15, -0.1) is 0 Å². The topological polar surface area (TPSA) is 0 Å². The monoisotopic (exact) mass is 162 g/mol. The second-order valence-corrected chi connectivity index (χ2v) is 4.18. The van der Waals surface area contributed by atoms with Crippen molar-refractivity contribution in [2.45, 2.75) is 27.2 Å². The van der Waals surface area contributed by atoms with Gasteiger partial charge in [-0.1, -0.05) is 50.3 Å². The highest BCUT2D eigenvalue weighted by atomic mass is 14.4. The smallest absolute Gasteiger partial charge is 0.00449 e. The maximum atomic E-state index is 4.03. The van der Waals surface area contributed by atoms with Crippen LogP contribution in [0, 0.1) is 11.3 Å². The van der Waals surface area contributed by atoms with E-state index >= 15 is 0 Å². The van der Waals surface area contributed by atoms with Gasteiger partial charge in [-0.3, -0.25) is 0 Å². The van der Waals surface area contributed by atoms with Crippen molar-refractivity contribution >= 4 is 0 Å². The van der Waals surface area contributed by atoms with E-state index in [2.05, 4.69) is 40.0 Å². The lowest BCUT2D eigenvalue weighted by Gasteiger charge is -2.30. The Kier molecular flexibility index (Phi) is 2.27. The molecule has 1 aliphatic rings. The van der Waals surface area contributed by atoms with Crippen molar-refractivity contribution in [2.75, 3.05) is 0 Å². The minimum atomic E-state index is 0.283. The van der Waals surface area contributed by atoms with Crippen molar-refractivity contribution in [1.29, 1.82) is 0 Å². The summed E-state index contributed by atoms with van der Waals surface area (Å²) in [6.45, 7) is 14.6. The van der Waals surface area contributed by atoms with Gasteiger partial charge in [0.15, 0.2) is 0 Å². The Labute approximate surface area is 75.7 Å². The average Bonchev–Trinajstić information content (AvgIpc) is 2.27. The normalized spacial score (nSPS) is 26.6. The minimum absolute atomic E-state index is 0.283. The summed E-state index contributed by atoms with van der Waals surface area (Å²) in [7, 11) is 0. The van der Waals surface area contributed by atoms with Gasteiger partial charge in [0.05, 0.1) is 0 Å². The lowest BCUT2D eigenvalue weighted by molar-refractivity contribution is 0.341. The summed E-state index contributed by atoms with van der Waals surface area (Å²) >= 11 is 0. The van der Waals surface area contributed by atoms with Crippen molar-refractivity contribution < 1.29 is 0 Å². The molecule has 0 heteroatoms. The van der Waals surface area contributed by atoms with Crippen molar-refractivity contribution in [1.82, 2.24) is 0 Å². The number of hydrogen-bond acceptors (Lipinski definition) is 0. The molecule has 66 valence electrons. The molecule has 1 aliphatic carbocycles. The molecule has 0 heterocycles. The average molecular weight is 162 g/mol. The first kappa shape index (κ1) is 9.31. The highest BCUT2D eigenvalue weighted by Gasteiger charge is 2.35. The molecular weight excluding hydrogens is 144 g/mol. The molecule has 0 amide bonds. The van der Waals surface area contributed by atoms with E-state index in [-0.39, 0.29) is 5.41 Å². The first-order valence-corrected chi connectivity index (χ1v) is 4.48. The predicted molar refractivity (Wildman–Crippen MR) is 55.0 cm³/mol. The van der Waals surface area contributed by atoms with E-state index in [4.69, 9.17) is 0 Å². The quantitative estimate of drug-likeness (QED) is 0.429. The molecule has 1 rings (SSSR count). The van der Waals surface area contributed by atoms with Crippen LogP contribution in [0.5, 0.6) is 0 Å². The second kappa shape index (κ2) is 2.93. The second-order valence-electron chi connectivity index (χ2n) is 4.18. The van der Waals surface area contributed by atoms with E-state index in [9.17, 15) is 0 Å². The zero-order chi connectivity index (χ0) is 9.35. The number of hydrogen-bond donors (Lipinski definition) is 0. The fourth-order valence-electron chi connectivity index (χ4n) is 1.88. The molecule has 0 radical (unpaired) electrons. The van der Waals surface area contributed by atoms with Gasteiger partial charge in [-0.2, -0.15) is 0 Å². The van der Waals surface area contributed by atoms with Gasteiger partial charge in [0.1, 0.15) is 0 Å². The zero-order valence-electron chi connectivity index (χ0n) is 8.35. The lowest BCUT2D eigenvalue weighted by atomic mass is 9.74. The van der Waals surface area contributed by atoms with E-state index in [1.807, 2.05) is 6.08 Å². The molecule has 0 aromatic heterocycles. The summed E-state index contributed by atoms with van der Waals surface area (Å²) < 4.78 is 0. The third-order valence-electron chi connectivity index (χ3n) is 3.26. The van der Waals surface area contributed by atoms with Crippen LogP contribution in [0.2, 0.25) is 0 Å². The van der Waals surface area contributed by atoms with E-state index in [1.54, 1.807) is 0 Å². The van der Waals surface area contributed by atoms with Crippen molar-refractivity contribution in [3.05, 3.63) is 36.5 Å². The summed E-state index contributed by atoms with van der Waals surface area (Å²) in [4.78, 5) is 0. The Hall–Kier alpha value is -0.780. The third-order valence-corrected chi connectivity index (χ3v) is 3.26. The van der Waals surface area contributed by atoms with Gasteiger partial charge in [0.25, 0.3) is 0 Å². The lowest BCUT2D eigenvalue weighted by Crippen LogP contribution is -2.21. The Balaban J connectivity index is 2.87. The van der Waals surface area contributed by atoms with Crippen LogP contribution in [0.15, 0.2) is 36.5 Å². The number of allylic oxidation sites excluding steroid dienone is 4. The number of rotatable bonds is 2. The van der Waals surface area contributed by atoms with Crippen LogP contribution >= 0.6 is 0 Å². The molecule has 0 fully saturated rings. The molecule has 0 N–H and O–H groups in total. The van der Waals surface area contributed by atoms with Crippen molar-refractivity contribution in [2.24, 2.45) is 11.3 Å². The third kappa shape index (κ3) is 1.26. The van der Waals surface area contributed by atoms with Gasteiger partial charge >= 0.3 is 0 Å². The Morgan fingerprint density at radius 1 is 1.67 bits per heavy atom. The van der Waals surface area contributed by atoms with E-state index in [0.29, 0.717) is 5.92 Å². The van der Waals surface area contributed by atoms with Gasteiger partial charge in [-0.25, -0.2) is 0 Å². The SMILES string of the molecule is C=CC(=C)C1CC=C(C)C1(C)C. The molecule has 0 bridgehead atoms. The van der Waals surface area contributed by atoms with Crippen LogP contribution in [-0.2, 0) is 0 Å². The Morgan fingerprint density at radius 2 is 2.25 bits per heavy atom. The molecule has 0 saturated carbocycles.